The van der Waals surface area contributed by atoms with Crippen molar-refractivity contribution in [1.29, 1.82) is 0 Å². The maximum absolute atomic E-state index is 13.3. The van der Waals surface area contributed by atoms with Crippen LogP contribution in [-0.4, -0.2) is 22.8 Å². The number of hydrogen-bond acceptors (Lipinski definition) is 7. The van der Waals surface area contributed by atoms with E-state index in [0.717, 1.165) is 10.5 Å². The number of imide groups is 2. The molecular weight excluding hydrogens is 642 g/mol. The van der Waals surface area contributed by atoms with Gasteiger partial charge in [-0.05, 0) is 75.6 Å². The number of ether oxygens (including phenoxy) is 2. The van der Waals surface area contributed by atoms with Gasteiger partial charge < -0.3 is 9.47 Å². The van der Waals surface area contributed by atoms with E-state index in [4.69, 9.17) is 21.1 Å². The van der Waals surface area contributed by atoms with Crippen molar-refractivity contribution in [1.82, 2.24) is 5.32 Å². The second kappa shape index (κ2) is 12.9. The van der Waals surface area contributed by atoms with E-state index in [1.165, 1.54) is 30.3 Å². The van der Waals surface area contributed by atoms with Crippen molar-refractivity contribution in [3.8, 4) is 11.5 Å². The highest BCUT2D eigenvalue weighted by Gasteiger charge is 2.36. The summed E-state index contributed by atoms with van der Waals surface area (Å²) in [6, 6.07) is 23.7. The molecule has 1 saturated heterocycles. The van der Waals surface area contributed by atoms with E-state index in [2.05, 4.69) is 21.2 Å². The van der Waals surface area contributed by atoms with Crippen molar-refractivity contribution in [2.24, 2.45) is 0 Å². The van der Waals surface area contributed by atoms with Crippen molar-refractivity contribution in [3.63, 3.8) is 0 Å². The van der Waals surface area contributed by atoms with Gasteiger partial charge in [-0.25, -0.2) is 9.69 Å². The smallest absolute Gasteiger partial charge is 0.335 e. The number of amides is 4. The Bertz CT molecular complexity index is 1780. The van der Waals surface area contributed by atoms with E-state index in [1.54, 1.807) is 48.5 Å². The van der Waals surface area contributed by atoms with Crippen molar-refractivity contribution in [2.75, 3.05) is 4.90 Å². The second-order valence-electron chi connectivity index (χ2n) is 9.24. The highest BCUT2D eigenvalue weighted by atomic mass is 79.9. The molecule has 10 nitrogen and oxygen atoms in total. The molecule has 0 aromatic heterocycles. The zero-order valence-corrected chi connectivity index (χ0v) is 24.5. The van der Waals surface area contributed by atoms with Crippen LogP contribution in [0, 0.1) is 10.1 Å². The number of anilines is 1. The van der Waals surface area contributed by atoms with Crippen LogP contribution in [0.1, 0.15) is 16.7 Å². The fourth-order valence-corrected chi connectivity index (χ4v) is 4.87. The van der Waals surface area contributed by atoms with Crippen LogP contribution in [0.3, 0.4) is 0 Å². The lowest BCUT2D eigenvalue weighted by Gasteiger charge is -2.26. The molecule has 12 heteroatoms. The molecule has 216 valence electrons. The molecule has 1 N–H and O–H groups in total. The first-order valence-corrected chi connectivity index (χ1v) is 13.9. The summed E-state index contributed by atoms with van der Waals surface area (Å²) in [5, 5.41) is 13.8. The minimum atomic E-state index is -0.872. The average molecular weight is 663 g/mol. The summed E-state index contributed by atoms with van der Waals surface area (Å²) < 4.78 is 12.1. The third-order valence-corrected chi connectivity index (χ3v) is 7.32. The number of carbonyl (C=O) groups is 3. The molecule has 1 aliphatic rings. The van der Waals surface area contributed by atoms with Crippen LogP contribution in [0.15, 0.2) is 101 Å². The van der Waals surface area contributed by atoms with Crippen molar-refractivity contribution < 1.29 is 28.8 Å². The molecule has 0 spiro atoms. The molecular formula is C31H21BrClN3O7. The van der Waals surface area contributed by atoms with Crippen LogP contribution in [0.4, 0.5) is 16.2 Å². The molecule has 4 amide bonds. The molecule has 0 bridgehead atoms. The summed E-state index contributed by atoms with van der Waals surface area (Å²) in [7, 11) is 0. The molecule has 0 unspecified atom stereocenters. The molecule has 1 aliphatic heterocycles. The first-order valence-electron chi connectivity index (χ1n) is 12.7. The highest BCUT2D eigenvalue weighted by Crippen LogP contribution is 2.30. The molecule has 1 heterocycles. The molecule has 43 heavy (non-hydrogen) atoms. The third-order valence-electron chi connectivity index (χ3n) is 6.33. The van der Waals surface area contributed by atoms with Gasteiger partial charge in [-0.15, -0.1) is 0 Å². The van der Waals surface area contributed by atoms with E-state index in [1.807, 2.05) is 18.2 Å². The lowest BCUT2D eigenvalue weighted by atomic mass is 10.1. The Balaban J connectivity index is 1.29. The SMILES string of the molecule is O=C1NC(=O)N(c2ccc(OCc3ccccc3Cl)cc2)C(=O)/C1=C/c1ccc(OCc2cccc([N+](=O)[O-])c2)c(Br)c1. The van der Waals surface area contributed by atoms with Gasteiger partial charge in [-0.3, -0.25) is 25.0 Å². The Morgan fingerprint density at radius 3 is 2.40 bits per heavy atom. The number of nitrogens with zero attached hydrogens (tertiary/aromatic N) is 2. The summed E-state index contributed by atoms with van der Waals surface area (Å²) in [5.74, 6) is -0.673. The summed E-state index contributed by atoms with van der Waals surface area (Å²) in [5.41, 5.74) is 1.88. The zero-order valence-electron chi connectivity index (χ0n) is 22.2. The second-order valence-corrected chi connectivity index (χ2v) is 10.5. The number of benzene rings is 4. The molecule has 0 atom stereocenters. The first-order chi connectivity index (χ1) is 20.7. The van der Waals surface area contributed by atoms with Gasteiger partial charge in [0.2, 0.25) is 0 Å². The van der Waals surface area contributed by atoms with E-state index in [9.17, 15) is 24.5 Å². The monoisotopic (exact) mass is 661 g/mol. The summed E-state index contributed by atoms with van der Waals surface area (Å²) in [6.45, 7) is 0.320. The Labute approximate surface area is 258 Å². The van der Waals surface area contributed by atoms with Crippen molar-refractivity contribution in [3.05, 3.63) is 133 Å². The molecule has 4 aromatic rings. The largest absolute Gasteiger partial charge is 0.489 e. The van der Waals surface area contributed by atoms with Crippen LogP contribution in [0.25, 0.3) is 6.08 Å². The summed E-state index contributed by atoms with van der Waals surface area (Å²) in [4.78, 5) is 50.0. The van der Waals surface area contributed by atoms with Gasteiger partial charge in [0.1, 0.15) is 30.3 Å². The van der Waals surface area contributed by atoms with Crippen LogP contribution < -0.4 is 19.7 Å². The fraction of sp³-hybridized carbons (Fsp3) is 0.0645. The van der Waals surface area contributed by atoms with Gasteiger partial charge >= 0.3 is 6.03 Å². The van der Waals surface area contributed by atoms with Gasteiger partial charge in [0, 0.05) is 22.7 Å². The number of nitro groups is 1. The zero-order chi connectivity index (χ0) is 30.5. The predicted molar refractivity (Wildman–Crippen MR) is 163 cm³/mol. The van der Waals surface area contributed by atoms with Crippen LogP contribution in [0.2, 0.25) is 5.02 Å². The van der Waals surface area contributed by atoms with Gasteiger partial charge in [0.15, 0.2) is 0 Å². The quantitative estimate of drug-likeness (QED) is 0.0900. The Hall–Kier alpha value is -5.00. The number of halogens is 2. The van der Waals surface area contributed by atoms with E-state index in [0.29, 0.717) is 32.1 Å². The van der Waals surface area contributed by atoms with Crippen LogP contribution >= 0.6 is 27.5 Å². The van der Waals surface area contributed by atoms with Gasteiger partial charge in [0.05, 0.1) is 15.1 Å². The van der Waals surface area contributed by atoms with Gasteiger partial charge in [0.25, 0.3) is 17.5 Å². The predicted octanol–water partition coefficient (Wildman–Crippen LogP) is 6.84. The molecule has 0 radical (unpaired) electrons. The van der Waals surface area contributed by atoms with Crippen molar-refractivity contribution in [2.45, 2.75) is 13.2 Å². The minimum Gasteiger partial charge on any atom is -0.489 e. The number of nitro benzene ring substituents is 1. The molecule has 1 fully saturated rings. The number of carbonyl (C=O) groups excluding carboxylic acids is 3. The van der Waals surface area contributed by atoms with Gasteiger partial charge in [-0.1, -0.05) is 48.0 Å². The molecule has 5 rings (SSSR count). The van der Waals surface area contributed by atoms with Crippen molar-refractivity contribution >= 4 is 62.8 Å². The first kappa shape index (κ1) is 29.5. The minimum absolute atomic E-state index is 0.0391. The van der Waals surface area contributed by atoms with E-state index < -0.39 is 22.8 Å². The topological polar surface area (TPSA) is 128 Å². The number of rotatable bonds is 9. The summed E-state index contributed by atoms with van der Waals surface area (Å²) >= 11 is 9.59. The molecule has 0 aliphatic carbocycles. The highest BCUT2D eigenvalue weighted by molar-refractivity contribution is 9.10. The molecule has 4 aromatic carbocycles. The normalized spacial score (nSPS) is 14.0. The number of non-ortho nitro benzene ring substituents is 1. The molecule has 0 saturated carbocycles. The summed E-state index contributed by atoms with van der Waals surface area (Å²) in [6.07, 6.45) is 1.37. The Morgan fingerprint density at radius 1 is 0.907 bits per heavy atom. The maximum atomic E-state index is 13.3. The number of urea groups is 1. The fourth-order valence-electron chi connectivity index (χ4n) is 4.17. The lowest BCUT2D eigenvalue weighted by molar-refractivity contribution is -0.384. The Kier molecular flexibility index (Phi) is 8.84. The maximum Gasteiger partial charge on any atom is 0.335 e. The van der Waals surface area contributed by atoms with Crippen LogP contribution in [0.5, 0.6) is 11.5 Å². The third kappa shape index (κ3) is 6.91. The number of nitrogens with one attached hydrogen (secondary N) is 1. The standard InChI is InChI=1S/C31H21BrClN3O7/c32-26-16-19(8-13-28(26)43-17-20-4-3-6-23(14-20)36(40)41)15-25-29(37)34-31(39)35(30(25)38)22-9-11-24(12-10-22)42-18-21-5-1-2-7-27(21)33/h1-16H,17-18H2,(H,34,37,39)/b25-15+. The average Bonchev–Trinajstić information content (AvgIpc) is 2.99. The van der Waals surface area contributed by atoms with Gasteiger partial charge in [-0.2, -0.15) is 0 Å². The van der Waals surface area contributed by atoms with E-state index in [-0.39, 0.29) is 30.2 Å². The van der Waals surface area contributed by atoms with Crippen LogP contribution in [-0.2, 0) is 22.8 Å². The lowest BCUT2D eigenvalue weighted by Crippen LogP contribution is -2.54. The number of hydrogen-bond donors (Lipinski definition) is 1. The van der Waals surface area contributed by atoms with E-state index >= 15 is 0 Å². The number of barbiturate groups is 1. The Morgan fingerprint density at radius 2 is 1.67 bits per heavy atom.